The largest absolute Gasteiger partial charge is 0.371 e. The third kappa shape index (κ3) is 4.61. The van der Waals surface area contributed by atoms with Crippen LogP contribution in [0.2, 0.25) is 0 Å². The van der Waals surface area contributed by atoms with Crippen molar-refractivity contribution in [3.8, 4) is 0 Å². The summed E-state index contributed by atoms with van der Waals surface area (Å²) in [5.41, 5.74) is 5.42. The van der Waals surface area contributed by atoms with E-state index in [-0.39, 0.29) is 5.92 Å². The van der Waals surface area contributed by atoms with Crippen LogP contribution in [0.4, 0.5) is 0 Å². The molecule has 6 rings (SSSR count). The van der Waals surface area contributed by atoms with Crippen LogP contribution in [0.5, 0.6) is 0 Å². The molecular formula is C28H46N4O. The highest BCUT2D eigenvalue weighted by Crippen LogP contribution is 2.52. The van der Waals surface area contributed by atoms with E-state index in [1.165, 1.54) is 76.6 Å². The molecule has 6 aliphatic rings. The highest BCUT2D eigenvalue weighted by Gasteiger charge is 2.45. The molecule has 33 heavy (non-hydrogen) atoms. The van der Waals surface area contributed by atoms with Crippen molar-refractivity contribution in [1.82, 2.24) is 20.2 Å². The van der Waals surface area contributed by atoms with E-state index in [4.69, 9.17) is 0 Å². The molecule has 2 aliphatic heterocycles. The quantitative estimate of drug-likeness (QED) is 0.651. The number of allylic oxidation sites excluding steroid dienone is 1. The summed E-state index contributed by atoms with van der Waals surface area (Å²) in [6.07, 6.45) is 14.5. The number of nitrogens with one attached hydrogen (secondary N) is 1. The molecule has 0 aromatic carbocycles. The van der Waals surface area contributed by atoms with Gasteiger partial charge < -0.3 is 9.80 Å². The number of carbonyl (C=O) groups excluding carboxylic acids is 1. The van der Waals surface area contributed by atoms with E-state index in [1.54, 1.807) is 0 Å². The van der Waals surface area contributed by atoms with Gasteiger partial charge in [-0.15, -0.1) is 0 Å². The maximum atomic E-state index is 13.3. The lowest BCUT2D eigenvalue weighted by atomic mass is 9.68. The van der Waals surface area contributed by atoms with Crippen molar-refractivity contribution < 1.29 is 4.79 Å². The minimum atomic E-state index is 0.285. The monoisotopic (exact) mass is 454 g/mol. The molecule has 6 fully saturated rings. The Morgan fingerprint density at radius 3 is 2.18 bits per heavy atom. The Kier molecular flexibility index (Phi) is 6.01. The number of carbonyl (C=O) groups is 1. The van der Waals surface area contributed by atoms with Gasteiger partial charge in [0.1, 0.15) is 0 Å². The van der Waals surface area contributed by atoms with E-state index in [0.29, 0.717) is 11.3 Å². The summed E-state index contributed by atoms with van der Waals surface area (Å²) in [4.78, 5) is 17.9. The first-order valence-corrected chi connectivity index (χ1v) is 14.2. The van der Waals surface area contributed by atoms with Gasteiger partial charge in [-0.2, -0.15) is 0 Å². The predicted octanol–water partition coefficient (Wildman–Crippen LogP) is 4.27. The van der Waals surface area contributed by atoms with Gasteiger partial charge in [-0.05, 0) is 94.3 Å². The summed E-state index contributed by atoms with van der Waals surface area (Å²) >= 11 is 0. The van der Waals surface area contributed by atoms with Crippen molar-refractivity contribution in [2.24, 2.45) is 35.0 Å². The molecule has 184 valence electrons. The highest BCUT2D eigenvalue weighted by molar-refractivity contribution is 5.79. The predicted molar refractivity (Wildman–Crippen MR) is 132 cm³/mol. The van der Waals surface area contributed by atoms with Crippen LogP contribution in [0.15, 0.2) is 12.3 Å². The lowest BCUT2D eigenvalue weighted by Gasteiger charge is -2.43. The lowest BCUT2D eigenvalue weighted by molar-refractivity contribution is -0.138. The molecule has 3 atom stereocenters. The number of amides is 1. The number of hydrazine groups is 1. The number of piperazine rings is 1. The Hall–Kier alpha value is -1.07. The molecule has 3 unspecified atom stereocenters. The Balaban J connectivity index is 0.963. The van der Waals surface area contributed by atoms with E-state index in [9.17, 15) is 4.79 Å². The first-order chi connectivity index (χ1) is 16.0. The molecule has 2 saturated heterocycles. The second kappa shape index (κ2) is 8.86. The Morgan fingerprint density at radius 1 is 0.879 bits per heavy atom. The van der Waals surface area contributed by atoms with Crippen molar-refractivity contribution >= 4 is 5.91 Å². The maximum absolute atomic E-state index is 13.3. The topological polar surface area (TPSA) is 38.8 Å². The molecular weight excluding hydrogens is 408 g/mol. The number of nitrogens with zero attached hydrogens (tertiary/aromatic N) is 3. The van der Waals surface area contributed by atoms with E-state index in [2.05, 4.69) is 33.7 Å². The Morgan fingerprint density at radius 2 is 1.52 bits per heavy atom. The van der Waals surface area contributed by atoms with Gasteiger partial charge in [-0.1, -0.05) is 13.5 Å². The average molecular weight is 455 g/mol. The smallest absolute Gasteiger partial charge is 0.225 e. The minimum Gasteiger partial charge on any atom is -0.371 e. The van der Waals surface area contributed by atoms with Crippen LogP contribution in [0, 0.1) is 35.0 Å². The molecule has 0 bridgehead atoms. The zero-order valence-electron chi connectivity index (χ0n) is 20.9. The molecule has 4 aliphatic carbocycles. The van der Waals surface area contributed by atoms with Crippen LogP contribution in [0.3, 0.4) is 0 Å². The zero-order valence-corrected chi connectivity index (χ0v) is 20.9. The van der Waals surface area contributed by atoms with Gasteiger partial charge in [0.05, 0.1) is 0 Å². The summed E-state index contributed by atoms with van der Waals surface area (Å²) in [7, 11) is 0. The fourth-order valence-electron chi connectivity index (χ4n) is 7.57. The maximum Gasteiger partial charge on any atom is 0.225 e. The van der Waals surface area contributed by atoms with E-state index in [1.807, 2.05) is 0 Å². The summed E-state index contributed by atoms with van der Waals surface area (Å²) in [5.74, 6) is 4.34. The van der Waals surface area contributed by atoms with Crippen LogP contribution in [0.25, 0.3) is 0 Å². The number of hydrogen-bond acceptors (Lipinski definition) is 4. The van der Waals surface area contributed by atoms with Crippen LogP contribution >= 0.6 is 0 Å². The normalized spacial score (nSPS) is 38.8. The summed E-state index contributed by atoms with van der Waals surface area (Å²) in [6.45, 7) is 13.0. The SMILES string of the molecule is C=C(N1CCN(C(=O)C2CCC(C3CCC4CNN(CC5CC5)C4C3)CC2)CC1)C1(C)CC1. The standard InChI is InChI=1S/C28H46N4O/c1-20(28(2)11-12-28)30-13-15-31(16-14-30)27(33)23-7-5-22(6-8-23)24-9-10-25-18-29-32(26(25)17-24)19-21-3-4-21/h21-26,29H,1,3-19H2,2H3. The van der Waals surface area contributed by atoms with Crippen molar-refractivity contribution in [3.63, 3.8) is 0 Å². The molecule has 0 aromatic heterocycles. The zero-order chi connectivity index (χ0) is 22.6. The number of hydrogen-bond donors (Lipinski definition) is 1. The van der Waals surface area contributed by atoms with Gasteiger partial charge in [0, 0.05) is 62.3 Å². The van der Waals surface area contributed by atoms with Crippen molar-refractivity contribution in [3.05, 3.63) is 12.3 Å². The summed E-state index contributed by atoms with van der Waals surface area (Å²) in [6, 6.07) is 0.785. The van der Waals surface area contributed by atoms with Gasteiger partial charge >= 0.3 is 0 Å². The molecule has 0 spiro atoms. The van der Waals surface area contributed by atoms with Gasteiger partial charge in [0.15, 0.2) is 0 Å². The van der Waals surface area contributed by atoms with Crippen LogP contribution in [-0.4, -0.2) is 66.0 Å². The summed E-state index contributed by atoms with van der Waals surface area (Å²) in [5, 5.41) is 2.64. The molecule has 0 aromatic rings. The molecule has 1 N–H and O–H groups in total. The van der Waals surface area contributed by atoms with Crippen molar-refractivity contribution in [2.45, 2.75) is 83.6 Å². The molecule has 0 radical (unpaired) electrons. The molecule has 5 heteroatoms. The van der Waals surface area contributed by atoms with E-state index >= 15 is 0 Å². The second-order valence-electron chi connectivity index (χ2n) is 12.8. The number of rotatable bonds is 6. The first kappa shape index (κ1) is 22.4. The van der Waals surface area contributed by atoms with Crippen LogP contribution in [-0.2, 0) is 4.79 Å². The fraction of sp³-hybridized carbons (Fsp3) is 0.893. The van der Waals surface area contributed by atoms with Crippen LogP contribution < -0.4 is 5.43 Å². The Labute approximate surface area is 201 Å². The third-order valence-electron chi connectivity index (χ3n) is 10.6. The molecule has 2 heterocycles. The van der Waals surface area contributed by atoms with Crippen molar-refractivity contribution in [1.29, 1.82) is 0 Å². The molecule has 5 nitrogen and oxygen atoms in total. The van der Waals surface area contributed by atoms with Crippen LogP contribution in [0.1, 0.15) is 77.6 Å². The van der Waals surface area contributed by atoms with Gasteiger partial charge in [0.25, 0.3) is 0 Å². The number of fused-ring (bicyclic) bond motifs is 1. The molecule has 4 saturated carbocycles. The third-order valence-corrected chi connectivity index (χ3v) is 10.6. The van der Waals surface area contributed by atoms with E-state index < -0.39 is 0 Å². The van der Waals surface area contributed by atoms with E-state index in [0.717, 1.165) is 68.7 Å². The first-order valence-electron chi connectivity index (χ1n) is 14.2. The van der Waals surface area contributed by atoms with Gasteiger partial charge in [-0.25, -0.2) is 5.01 Å². The molecule has 1 amide bonds. The van der Waals surface area contributed by atoms with Gasteiger partial charge in [-0.3, -0.25) is 10.2 Å². The van der Waals surface area contributed by atoms with Crippen molar-refractivity contribution in [2.75, 3.05) is 39.3 Å². The second-order valence-corrected chi connectivity index (χ2v) is 12.8. The average Bonchev–Trinajstić information content (AvgIpc) is 3.78. The highest BCUT2D eigenvalue weighted by atomic mass is 16.2. The minimum absolute atomic E-state index is 0.285. The lowest BCUT2D eigenvalue weighted by Crippen LogP contribution is -2.51. The fourth-order valence-corrected chi connectivity index (χ4v) is 7.57. The summed E-state index contributed by atoms with van der Waals surface area (Å²) < 4.78 is 0. The Bertz CT molecular complexity index is 743. The van der Waals surface area contributed by atoms with Gasteiger partial charge in [0.2, 0.25) is 5.91 Å².